The van der Waals surface area contributed by atoms with Gasteiger partial charge in [0.05, 0.1) is 5.75 Å². The van der Waals surface area contributed by atoms with Crippen molar-refractivity contribution in [1.82, 2.24) is 5.32 Å². The summed E-state index contributed by atoms with van der Waals surface area (Å²) in [5.41, 5.74) is 2.55. The third kappa shape index (κ3) is 4.73. The largest absolute Gasteiger partial charge is 0.396 e. The molecule has 3 nitrogen and oxygen atoms in total. The van der Waals surface area contributed by atoms with Crippen molar-refractivity contribution in [3.05, 3.63) is 27.7 Å². The van der Waals surface area contributed by atoms with E-state index in [1.54, 1.807) is 11.8 Å². The average molecular weight is 372 g/mol. The molecule has 0 spiro atoms. The van der Waals surface area contributed by atoms with E-state index in [1.807, 2.05) is 0 Å². The number of carbonyl (C=O) groups excluding carboxylic acids is 1. The predicted molar refractivity (Wildman–Crippen MR) is 90.7 cm³/mol. The third-order valence-corrected chi connectivity index (χ3v) is 6.09. The molecule has 0 unspecified atom stereocenters. The summed E-state index contributed by atoms with van der Waals surface area (Å²) in [5, 5.41) is 12.0. The van der Waals surface area contributed by atoms with Crippen LogP contribution in [0.15, 0.2) is 21.5 Å². The van der Waals surface area contributed by atoms with Crippen LogP contribution < -0.4 is 5.32 Å². The van der Waals surface area contributed by atoms with Crippen molar-refractivity contribution in [1.29, 1.82) is 0 Å². The average Bonchev–Trinajstić information content (AvgIpc) is 3.20. The van der Waals surface area contributed by atoms with E-state index in [0.717, 1.165) is 28.6 Å². The van der Waals surface area contributed by atoms with Gasteiger partial charge < -0.3 is 10.4 Å². The maximum Gasteiger partial charge on any atom is 0.230 e. The van der Waals surface area contributed by atoms with E-state index in [-0.39, 0.29) is 17.9 Å². The van der Waals surface area contributed by atoms with Crippen molar-refractivity contribution in [2.24, 2.45) is 5.41 Å². The molecule has 0 aromatic heterocycles. The van der Waals surface area contributed by atoms with Gasteiger partial charge in [0.15, 0.2) is 0 Å². The van der Waals surface area contributed by atoms with Crippen LogP contribution in [-0.2, 0) is 4.79 Å². The fourth-order valence-corrected chi connectivity index (χ4v) is 3.71. The summed E-state index contributed by atoms with van der Waals surface area (Å²) in [5.74, 6) is 0.515. The van der Waals surface area contributed by atoms with Crippen LogP contribution in [0.2, 0.25) is 0 Å². The van der Waals surface area contributed by atoms with Crippen LogP contribution >= 0.6 is 27.7 Å². The minimum absolute atomic E-state index is 0.0733. The van der Waals surface area contributed by atoms with E-state index < -0.39 is 0 Å². The van der Waals surface area contributed by atoms with Crippen molar-refractivity contribution in [3.8, 4) is 0 Å². The number of carbonyl (C=O) groups is 1. The number of thioether (sulfide) groups is 1. The highest BCUT2D eigenvalue weighted by Gasteiger charge is 2.41. The van der Waals surface area contributed by atoms with Gasteiger partial charge in [0.25, 0.3) is 0 Å². The van der Waals surface area contributed by atoms with E-state index >= 15 is 0 Å². The molecular weight excluding hydrogens is 350 g/mol. The molecule has 2 N–H and O–H groups in total. The van der Waals surface area contributed by atoms with Crippen molar-refractivity contribution >= 4 is 33.6 Å². The molecule has 0 heterocycles. The summed E-state index contributed by atoms with van der Waals surface area (Å²) < 4.78 is 1.11. The molecule has 2 rings (SSSR count). The van der Waals surface area contributed by atoms with E-state index in [2.05, 4.69) is 47.2 Å². The molecule has 0 aliphatic heterocycles. The Morgan fingerprint density at radius 2 is 2.10 bits per heavy atom. The van der Waals surface area contributed by atoms with Crippen LogP contribution in [0.4, 0.5) is 0 Å². The molecule has 0 bridgehead atoms. The fourth-order valence-electron chi connectivity index (χ4n) is 2.32. The molecular formula is C16H22BrNO2S. The van der Waals surface area contributed by atoms with E-state index in [1.165, 1.54) is 11.1 Å². The Morgan fingerprint density at radius 3 is 2.71 bits per heavy atom. The standard InChI is InChI=1S/C16H22BrNO2S/c1-11-8-14(12(2)7-13(11)17)21-9-15(20)18-10-16(3-4-16)5-6-19/h7-8,19H,3-6,9-10H2,1-2H3,(H,18,20). The molecule has 5 heteroatoms. The Morgan fingerprint density at radius 1 is 1.38 bits per heavy atom. The predicted octanol–water partition coefficient (Wildman–Crippen LogP) is 3.44. The van der Waals surface area contributed by atoms with Gasteiger partial charge in [0.2, 0.25) is 5.91 Å². The number of hydrogen-bond acceptors (Lipinski definition) is 3. The maximum atomic E-state index is 12.0. The second kappa shape index (κ2) is 7.16. The number of rotatable bonds is 7. The highest BCUT2D eigenvalue weighted by molar-refractivity contribution is 9.10. The van der Waals surface area contributed by atoms with Gasteiger partial charge in [-0.15, -0.1) is 11.8 Å². The molecule has 1 amide bonds. The first-order chi connectivity index (χ1) is 9.96. The number of halogens is 1. The minimum atomic E-state index is 0.0733. The molecule has 21 heavy (non-hydrogen) atoms. The van der Waals surface area contributed by atoms with Gasteiger partial charge in [0.1, 0.15) is 0 Å². The number of benzene rings is 1. The highest BCUT2D eigenvalue weighted by atomic mass is 79.9. The van der Waals surface area contributed by atoms with Crippen LogP contribution in [0.3, 0.4) is 0 Å². The van der Waals surface area contributed by atoms with Crippen molar-refractivity contribution in [2.45, 2.75) is 38.0 Å². The van der Waals surface area contributed by atoms with Crippen LogP contribution in [-0.4, -0.2) is 29.9 Å². The van der Waals surface area contributed by atoms with Crippen molar-refractivity contribution in [3.63, 3.8) is 0 Å². The lowest BCUT2D eigenvalue weighted by molar-refractivity contribution is -0.118. The summed E-state index contributed by atoms with van der Waals surface area (Å²) >= 11 is 5.10. The summed E-state index contributed by atoms with van der Waals surface area (Å²) in [4.78, 5) is 13.1. The third-order valence-electron chi connectivity index (χ3n) is 4.07. The number of hydrogen-bond donors (Lipinski definition) is 2. The lowest BCUT2D eigenvalue weighted by Gasteiger charge is -2.14. The quantitative estimate of drug-likeness (QED) is 0.721. The molecule has 0 atom stereocenters. The van der Waals surface area contributed by atoms with Gasteiger partial charge in [-0.05, 0) is 61.8 Å². The van der Waals surface area contributed by atoms with Crippen LogP contribution in [0.5, 0.6) is 0 Å². The number of aliphatic hydroxyl groups excluding tert-OH is 1. The molecule has 1 saturated carbocycles. The Hall–Kier alpha value is -0.520. The SMILES string of the molecule is Cc1cc(SCC(=O)NCC2(CCO)CC2)c(C)cc1Br. The minimum Gasteiger partial charge on any atom is -0.396 e. The van der Waals surface area contributed by atoms with Crippen molar-refractivity contribution in [2.75, 3.05) is 18.9 Å². The monoisotopic (exact) mass is 371 g/mol. The molecule has 1 fully saturated rings. The summed E-state index contributed by atoms with van der Waals surface area (Å²) in [6.45, 7) is 5.03. The first-order valence-electron chi connectivity index (χ1n) is 7.23. The normalized spacial score (nSPS) is 15.8. The topological polar surface area (TPSA) is 49.3 Å². The van der Waals surface area contributed by atoms with Gasteiger partial charge >= 0.3 is 0 Å². The number of nitrogens with one attached hydrogen (secondary N) is 1. The Labute approximate surface area is 139 Å². The Bertz CT molecular complexity index is 529. The maximum absolute atomic E-state index is 12.0. The second-order valence-corrected chi connectivity index (χ2v) is 7.78. The van der Waals surface area contributed by atoms with Gasteiger partial charge in [-0.1, -0.05) is 15.9 Å². The zero-order chi connectivity index (χ0) is 15.5. The first-order valence-corrected chi connectivity index (χ1v) is 9.01. The highest BCUT2D eigenvalue weighted by Crippen LogP contribution is 2.47. The van der Waals surface area contributed by atoms with Gasteiger partial charge in [-0.3, -0.25) is 4.79 Å². The van der Waals surface area contributed by atoms with Gasteiger partial charge in [-0.25, -0.2) is 0 Å². The van der Waals surface area contributed by atoms with Crippen LogP contribution in [0.1, 0.15) is 30.4 Å². The molecule has 1 aliphatic rings. The smallest absolute Gasteiger partial charge is 0.230 e. The summed E-state index contributed by atoms with van der Waals surface area (Å²) in [6.07, 6.45) is 3.03. The summed E-state index contributed by atoms with van der Waals surface area (Å²) in [7, 11) is 0. The number of aliphatic hydroxyl groups is 1. The fraction of sp³-hybridized carbons (Fsp3) is 0.562. The first kappa shape index (κ1) is 16.8. The Kier molecular flexibility index (Phi) is 5.74. The van der Waals surface area contributed by atoms with Crippen molar-refractivity contribution < 1.29 is 9.90 Å². The van der Waals surface area contributed by atoms with Gasteiger partial charge in [-0.2, -0.15) is 0 Å². The van der Waals surface area contributed by atoms with Crippen LogP contribution in [0.25, 0.3) is 0 Å². The number of aryl methyl sites for hydroxylation is 2. The van der Waals surface area contributed by atoms with Gasteiger partial charge in [0, 0.05) is 22.5 Å². The molecule has 1 aromatic rings. The molecule has 116 valence electrons. The van der Waals surface area contributed by atoms with E-state index in [0.29, 0.717) is 12.3 Å². The van der Waals surface area contributed by atoms with E-state index in [4.69, 9.17) is 5.11 Å². The lowest BCUT2D eigenvalue weighted by atomic mass is 10.0. The lowest BCUT2D eigenvalue weighted by Crippen LogP contribution is -2.31. The zero-order valence-corrected chi connectivity index (χ0v) is 14.9. The Balaban J connectivity index is 1.80. The zero-order valence-electron chi connectivity index (χ0n) is 12.5. The van der Waals surface area contributed by atoms with E-state index in [9.17, 15) is 4.79 Å². The molecule has 0 radical (unpaired) electrons. The number of amides is 1. The van der Waals surface area contributed by atoms with Crippen LogP contribution in [0, 0.1) is 19.3 Å². The molecule has 0 saturated heterocycles. The molecule has 1 aliphatic carbocycles. The summed E-state index contributed by atoms with van der Waals surface area (Å²) in [6, 6.07) is 4.21. The second-order valence-electron chi connectivity index (χ2n) is 5.91. The molecule has 1 aromatic carbocycles.